The molecule has 3 aromatic rings. The Morgan fingerprint density at radius 2 is 1.83 bits per heavy atom. The number of rotatable bonds is 4. The third kappa shape index (κ3) is 3.54. The van der Waals surface area contributed by atoms with Crippen LogP contribution in [0.3, 0.4) is 0 Å². The topological polar surface area (TPSA) is 71.7 Å². The third-order valence-electron chi connectivity index (χ3n) is 4.58. The van der Waals surface area contributed by atoms with Gasteiger partial charge in [0.05, 0.1) is 20.9 Å². The number of allylic oxidation sites excluding steroid dienone is 1. The maximum absolute atomic E-state index is 12.7. The van der Waals surface area contributed by atoms with E-state index in [9.17, 15) is 14.4 Å². The van der Waals surface area contributed by atoms with Crippen molar-refractivity contribution < 1.29 is 14.4 Å². The molecular formula is C21H16ClN3O3S. The van der Waals surface area contributed by atoms with Crippen molar-refractivity contribution in [3.8, 4) is 0 Å². The number of nitrogens with zero attached hydrogens (tertiary/aromatic N) is 3. The van der Waals surface area contributed by atoms with Crippen molar-refractivity contribution in [1.29, 1.82) is 0 Å². The quantitative estimate of drug-likeness (QED) is 0.469. The molecule has 1 aliphatic rings. The SMILES string of the molecule is C=CCn1c(=NC(=O)c2ccc(N3C(=O)CCC3=O)cc2)sc2cccc(Cl)c21. The van der Waals surface area contributed by atoms with Gasteiger partial charge in [-0.25, -0.2) is 0 Å². The third-order valence-corrected chi connectivity index (χ3v) is 5.93. The number of imide groups is 1. The van der Waals surface area contributed by atoms with Crippen LogP contribution < -0.4 is 9.70 Å². The summed E-state index contributed by atoms with van der Waals surface area (Å²) in [7, 11) is 0. The van der Waals surface area contributed by atoms with Crippen LogP contribution in [0.2, 0.25) is 5.02 Å². The summed E-state index contributed by atoms with van der Waals surface area (Å²) in [6.07, 6.45) is 2.15. The van der Waals surface area contributed by atoms with Gasteiger partial charge in [-0.2, -0.15) is 4.99 Å². The van der Waals surface area contributed by atoms with Crippen LogP contribution in [0.4, 0.5) is 5.69 Å². The van der Waals surface area contributed by atoms with E-state index in [-0.39, 0.29) is 24.7 Å². The van der Waals surface area contributed by atoms with Crippen LogP contribution in [-0.2, 0) is 16.1 Å². The number of hydrogen-bond donors (Lipinski definition) is 0. The smallest absolute Gasteiger partial charge is 0.279 e. The Balaban J connectivity index is 1.70. The Morgan fingerprint density at radius 1 is 1.14 bits per heavy atom. The van der Waals surface area contributed by atoms with Gasteiger partial charge in [0, 0.05) is 24.9 Å². The highest BCUT2D eigenvalue weighted by molar-refractivity contribution is 7.16. The summed E-state index contributed by atoms with van der Waals surface area (Å²) >= 11 is 7.70. The summed E-state index contributed by atoms with van der Waals surface area (Å²) in [6.45, 7) is 4.23. The average Bonchev–Trinajstić information content (AvgIpc) is 3.22. The molecule has 29 heavy (non-hydrogen) atoms. The van der Waals surface area contributed by atoms with Gasteiger partial charge in [0.25, 0.3) is 5.91 Å². The molecule has 6 nitrogen and oxygen atoms in total. The molecule has 0 unspecified atom stereocenters. The van der Waals surface area contributed by atoms with Crippen molar-refractivity contribution in [3.05, 3.63) is 70.5 Å². The Kier molecular flexibility index (Phi) is 5.17. The monoisotopic (exact) mass is 425 g/mol. The van der Waals surface area contributed by atoms with E-state index >= 15 is 0 Å². The first-order chi connectivity index (χ1) is 14.0. The molecule has 1 aliphatic heterocycles. The van der Waals surface area contributed by atoms with Gasteiger partial charge in [0.1, 0.15) is 0 Å². The fourth-order valence-electron chi connectivity index (χ4n) is 3.24. The molecule has 3 amide bonds. The van der Waals surface area contributed by atoms with Gasteiger partial charge < -0.3 is 4.57 Å². The second kappa shape index (κ2) is 7.77. The predicted octanol–water partition coefficient (Wildman–Crippen LogP) is 3.94. The van der Waals surface area contributed by atoms with Crippen LogP contribution in [-0.4, -0.2) is 22.3 Å². The molecule has 0 aliphatic carbocycles. The van der Waals surface area contributed by atoms with Crippen LogP contribution in [0.5, 0.6) is 0 Å². The fraction of sp³-hybridized carbons (Fsp3) is 0.143. The summed E-state index contributed by atoms with van der Waals surface area (Å²) in [5, 5.41) is 0.582. The number of hydrogen-bond acceptors (Lipinski definition) is 4. The second-order valence-corrected chi connectivity index (χ2v) is 7.87. The minimum absolute atomic E-state index is 0.215. The molecule has 0 bridgehead atoms. The Morgan fingerprint density at radius 3 is 2.48 bits per heavy atom. The molecule has 2 heterocycles. The van der Waals surface area contributed by atoms with Gasteiger partial charge in [-0.1, -0.05) is 35.1 Å². The van der Waals surface area contributed by atoms with Gasteiger partial charge in [-0.15, -0.1) is 6.58 Å². The molecule has 1 fully saturated rings. The maximum Gasteiger partial charge on any atom is 0.279 e. The predicted molar refractivity (Wildman–Crippen MR) is 113 cm³/mol. The van der Waals surface area contributed by atoms with Crippen LogP contribution >= 0.6 is 22.9 Å². The van der Waals surface area contributed by atoms with Crippen molar-refractivity contribution in [3.63, 3.8) is 0 Å². The molecule has 8 heteroatoms. The van der Waals surface area contributed by atoms with E-state index in [0.717, 1.165) is 15.1 Å². The first-order valence-electron chi connectivity index (χ1n) is 8.93. The minimum atomic E-state index is -0.420. The lowest BCUT2D eigenvalue weighted by Gasteiger charge is -2.13. The summed E-state index contributed by atoms with van der Waals surface area (Å²) < 4.78 is 2.77. The van der Waals surface area contributed by atoms with Crippen molar-refractivity contribution >= 4 is 56.6 Å². The number of amides is 3. The number of halogens is 1. The lowest BCUT2D eigenvalue weighted by atomic mass is 10.2. The highest BCUT2D eigenvalue weighted by Crippen LogP contribution is 2.26. The van der Waals surface area contributed by atoms with Gasteiger partial charge in [-0.05, 0) is 36.4 Å². The molecule has 0 spiro atoms. The average molecular weight is 426 g/mol. The van der Waals surface area contributed by atoms with Crippen LogP contribution in [0, 0.1) is 0 Å². The molecule has 0 N–H and O–H groups in total. The summed E-state index contributed by atoms with van der Waals surface area (Å²) in [4.78, 5) is 42.4. The van der Waals surface area contributed by atoms with Gasteiger partial charge in [0.15, 0.2) is 4.80 Å². The Bertz CT molecular complexity index is 1210. The molecule has 2 aromatic carbocycles. The number of thiazole rings is 1. The zero-order chi connectivity index (χ0) is 20.5. The molecule has 1 saturated heterocycles. The number of aromatic nitrogens is 1. The first-order valence-corrected chi connectivity index (χ1v) is 10.1. The highest BCUT2D eigenvalue weighted by Gasteiger charge is 2.30. The molecular weight excluding hydrogens is 410 g/mol. The minimum Gasteiger partial charge on any atom is -0.311 e. The fourth-order valence-corrected chi connectivity index (χ4v) is 4.64. The Hall–Kier alpha value is -3.03. The first kappa shape index (κ1) is 19.3. The Labute approximate surface area is 175 Å². The van der Waals surface area contributed by atoms with Crippen molar-refractivity contribution in [2.24, 2.45) is 4.99 Å². The standard InChI is InChI=1S/C21H16ClN3O3S/c1-2-12-24-19-15(22)4-3-5-16(19)29-21(24)23-20(28)13-6-8-14(9-7-13)25-17(26)10-11-18(25)27/h2-9H,1,10-12H2. The van der Waals surface area contributed by atoms with Gasteiger partial charge >= 0.3 is 0 Å². The number of carbonyl (C=O) groups excluding carboxylic acids is 3. The zero-order valence-corrected chi connectivity index (χ0v) is 16.9. The highest BCUT2D eigenvalue weighted by atomic mass is 35.5. The summed E-state index contributed by atoms with van der Waals surface area (Å²) in [5.74, 6) is -0.881. The normalized spacial score (nSPS) is 14.8. The van der Waals surface area contributed by atoms with Crippen LogP contribution in [0.15, 0.2) is 60.1 Å². The molecule has 4 rings (SSSR count). The molecule has 0 saturated carbocycles. The molecule has 146 valence electrons. The van der Waals surface area contributed by atoms with E-state index in [2.05, 4.69) is 11.6 Å². The number of para-hydroxylation sites is 1. The van der Waals surface area contributed by atoms with E-state index in [1.54, 1.807) is 36.4 Å². The van der Waals surface area contributed by atoms with Gasteiger partial charge in [-0.3, -0.25) is 19.3 Å². The van der Waals surface area contributed by atoms with Crippen LogP contribution in [0.1, 0.15) is 23.2 Å². The number of anilines is 1. The molecule has 0 radical (unpaired) electrons. The van der Waals surface area contributed by atoms with Crippen LogP contribution in [0.25, 0.3) is 10.2 Å². The maximum atomic E-state index is 12.7. The van der Waals surface area contributed by atoms with E-state index in [0.29, 0.717) is 27.6 Å². The summed E-state index contributed by atoms with van der Waals surface area (Å²) in [5.41, 5.74) is 1.64. The van der Waals surface area contributed by atoms with Crippen molar-refractivity contribution in [1.82, 2.24) is 4.57 Å². The van der Waals surface area contributed by atoms with E-state index in [1.807, 2.05) is 16.7 Å². The number of carbonyl (C=O) groups is 3. The van der Waals surface area contributed by atoms with E-state index < -0.39 is 5.91 Å². The van der Waals surface area contributed by atoms with Gasteiger partial charge in [0.2, 0.25) is 11.8 Å². The number of benzene rings is 2. The lowest BCUT2D eigenvalue weighted by Crippen LogP contribution is -2.28. The van der Waals surface area contributed by atoms with Crippen molar-refractivity contribution in [2.45, 2.75) is 19.4 Å². The zero-order valence-electron chi connectivity index (χ0n) is 15.3. The largest absolute Gasteiger partial charge is 0.311 e. The van der Waals surface area contributed by atoms with E-state index in [4.69, 9.17) is 11.6 Å². The summed E-state index contributed by atoms with van der Waals surface area (Å²) in [6, 6.07) is 11.9. The molecule has 1 aromatic heterocycles. The number of fused-ring (bicyclic) bond motifs is 1. The molecule has 0 atom stereocenters. The van der Waals surface area contributed by atoms with Crippen molar-refractivity contribution in [2.75, 3.05) is 4.90 Å². The second-order valence-electron chi connectivity index (χ2n) is 6.46. The van der Waals surface area contributed by atoms with E-state index in [1.165, 1.54) is 11.3 Å². The lowest BCUT2D eigenvalue weighted by molar-refractivity contribution is -0.121.